The first-order valence-electron chi connectivity index (χ1n) is 6.59. The summed E-state index contributed by atoms with van der Waals surface area (Å²) in [5.74, 6) is 5.61. The van der Waals surface area contributed by atoms with Crippen molar-refractivity contribution in [1.82, 2.24) is 5.43 Å². The molecule has 0 bridgehead atoms. The third-order valence-corrected chi connectivity index (χ3v) is 3.25. The molecular weight excluding hydrogens is 260 g/mol. The smallest absolute Gasteiger partial charge is 0.263 e. The standard InChI is InChI=1S/C14H20N2O4/c1-18-11-4-2-3-10(7-11)8-19-9-12-5-6-13(20-12)14(17)16-15/h2-4,7,12-13H,5-6,8-9,15H2,1H3,(H,16,17). The Bertz CT molecular complexity index is 453. The summed E-state index contributed by atoms with van der Waals surface area (Å²) in [6.45, 7) is 0.955. The van der Waals surface area contributed by atoms with Gasteiger partial charge in [0.2, 0.25) is 0 Å². The molecule has 1 saturated heterocycles. The van der Waals surface area contributed by atoms with Crippen LogP contribution < -0.4 is 16.0 Å². The fourth-order valence-electron chi connectivity index (χ4n) is 2.18. The molecule has 1 aromatic rings. The Morgan fingerprint density at radius 2 is 2.35 bits per heavy atom. The highest BCUT2D eigenvalue weighted by molar-refractivity contribution is 5.80. The largest absolute Gasteiger partial charge is 0.497 e. The van der Waals surface area contributed by atoms with Crippen LogP contribution in [0, 0.1) is 0 Å². The van der Waals surface area contributed by atoms with Gasteiger partial charge in [-0.25, -0.2) is 5.84 Å². The highest BCUT2D eigenvalue weighted by Crippen LogP contribution is 2.20. The monoisotopic (exact) mass is 280 g/mol. The van der Waals surface area contributed by atoms with E-state index in [4.69, 9.17) is 20.1 Å². The van der Waals surface area contributed by atoms with Gasteiger partial charge in [0.1, 0.15) is 11.9 Å². The number of ether oxygens (including phenoxy) is 3. The number of nitrogens with one attached hydrogen (secondary N) is 1. The third kappa shape index (κ3) is 3.93. The van der Waals surface area contributed by atoms with Crippen molar-refractivity contribution in [2.45, 2.75) is 31.7 Å². The first kappa shape index (κ1) is 14.8. The van der Waals surface area contributed by atoms with E-state index in [0.717, 1.165) is 17.7 Å². The zero-order valence-corrected chi connectivity index (χ0v) is 11.5. The van der Waals surface area contributed by atoms with Crippen LogP contribution in [-0.4, -0.2) is 31.8 Å². The molecule has 0 aliphatic carbocycles. The van der Waals surface area contributed by atoms with Crippen molar-refractivity contribution >= 4 is 5.91 Å². The summed E-state index contributed by atoms with van der Waals surface area (Å²) in [7, 11) is 1.63. The van der Waals surface area contributed by atoms with Crippen LogP contribution in [0.2, 0.25) is 0 Å². The van der Waals surface area contributed by atoms with Crippen molar-refractivity contribution in [1.29, 1.82) is 0 Å². The molecule has 0 aromatic heterocycles. The minimum Gasteiger partial charge on any atom is -0.497 e. The van der Waals surface area contributed by atoms with Crippen molar-refractivity contribution in [3.05, 3.63) is 29.8 Å². The summed E-state index contributed by atoms with van der Waals surface area (Å²) < 4.78 is 16.3. The predicted octanol–water partition coefficient (Wildman–Crippen LogP) is 0.749. The fourth-order valence-corrected chi connectivity index (χ4v) is 2.18. The maximum Gasteiger partial charge on any atom is 0.263 e. The molecular formula is C14H20N2O4. The lowest BCUT2D eigenvalue weighted by molar-refractivity contribution is -0.133. The molecule has 1 aliphatic rings. The van der Waals surface area contributed by atoms with Gasteiger partial charge in [-0.1, -0.05) is 12.1 Å². The SMILES string of the molecule is COc1cccc(COCC2CCC(C(=O)NN)O2)c1. The average molecular weight is 280 g/mol. The molecule has 2 atom stereocenters. The molecule has 0 radical (unpaired) electrons. The first-order valence-corrected chi connectivity index (χ1v) is 6.59. The van der Waals surface area contributed by atoms with E-state index >= 15 is 0 Å². The molecule has 3 N–H and O–H groups in total. The minimum atomic E-state index is -0.453. The van der Waals surface area contributed by atoms with Crippen LogP contribution in [0.1, 0.15) is 18.4 Å². The zero-order chi connectivity index (χ0) is 14.4. The number of carbonyl (C=O) groups excluding carboxylic acids is 1. The summed E-state index contributed by atoms with van der Waals surface area (Å²) in [4.78, 5) is 11.3. The number of hydrogen-bond donors (Lipinski definition) is 2. The van der Waals surface area contributed by atoms with Crippen LogP contribution >= 0.6 is 0 Å². The Morgan fingerprint density at radius 1 is 1.50 bits per heavy atom. The van der Waals surface area contributed by atoms with Crippen LogP contribution in [0.3, 0.4) is 0 Å². The summed E-state index contributed by atoms with van der Waals surface area (Å²) in [6.07, 6.45) is 0.972. The van der Waals surface area contributed by atoms with Crippen molar-refractivity contribution in [3.63, 3.8) is 0 Å². The lowest BCUT2D eigenvalue weighted by Gasteiger charge is -2.13. The van der Waals surface area contributed by atoms with Gasteiger partial charge in [-0.3, -0.25) is 10.2 Å². The van der Waals surface area contributed by atoms with Gasteiger partial charge in [0, 0.05) is 0 Å². The Balaban J connectivity index is 1.72. The number of benzene rings is 1. The Morgan fingerprint density at radius 3 is 3.10 bits per heavy atom. The van der Waals surface area contributed by atoms with Crippen molar-refractivity contribution in [2.75, 3.05) is 13.7 Å². The van der Waals surface area contributed by atoms with Crippen molar-refractivity contribution in [3.8, 4) is 5.75 Å². The topological polar surface area (TPSA) is 82.8 Å². The molecule has 1 fully saturated rings. The number of hydrazine groups is 1. The Labute approximate surface area is 118 Å². The fraction of sp³-hybridized carbons (Fsp3) is 0.500. The molecule has 1 aliphatic heterocycles. The average Bonchev–Trinajstić information content (AvgIpc) is 2.95. The molecule has 6 heteroatoms. The van der Waals surface area contributed by atoms with Gasteiger partial charge in [0.15, 0.2) is 0 Å². The van der Waals surface area contributed by atoms with Gasteiger partial charge in [-0.2, -0.15) is 0 Å². The van der Waals surface area contributed by atoms with E-state index in [-0.39, 0.29) is 12.0 Å². The molecule has 110 valence electrons. The minimum absolute atomic E-state index is 0.0529. The Kier molecular flexibility index (Phi) is 5.34. The van der Waals surface area contributed by atoms with Crippen LogP contribution in [-0.2, 0) is 20.9 Å². The van der Waals surface area contributed by atoms with E-state index in [1.165, 1.54) is 0 Å². The molecule has 1 amide bonds. The van der Waals surface area contributed by atoms with Crippen molar-refractivity contribution in [2.24, 2.45) is 5.84 Å². The maximum absolute atomic E-state index is 11.3. The number of methoxy groups -OCH3 is 1. The molecule has 0 spiro atoms. The van der Waals surface area contributed by atoms with E-state index in [9.17, 15) is 4.79 Å². The summed E-state index contributed by atoms with van der Waals surface area (Å²) in [5, 5.41) is 0. The van der Waals surface area contributed by atoms with Crippen molar-refractivity contribution < 1.29 is 19.0 Å². The number of rotatable bonds is 6. The molecule has 2 unspecified atom stereocenters. The molecule has 1 heterocycles. The predicted molar refractivity (Wildman–Crippen MR) is 72.9 cm³/mol. The number of hydrogen-bond acceptors (Lipinski definition) is 5. The number of carbonyl (C=O) groups is 1. The van der Waals surface area contributed by atoms with Crippen LogP contribution in [0.4, 0.5) is 0 Å². The van der Waals surface area contributed by atoms with Crippen LogP contribution in [0.5, 0.6) is 5.75 Å². The van der Waals surface area contributed by atoms with Crippen LogP contribution in [0.15, 0.2) is 24.3 Å². The second-order valence-electron chi connectivity index (χ2n) is 4.70. The number of amides is 1. The number of nitrogens with two attached hydrogens (primary N) is 1. The summed E-state index contributed by atoms with van der Waals surface area (Å²) in [5.41, 5.74) is 3.14. The molecule has 1 aromatic carbocycles. The first-order chi connectivity index (χ1) is 9.72. The maximum atomic E-state index is 11.3. The zero-order valence-electron chi connectivity index (χ0n) is 11.5. The Hall–Kier alpha value is -1.63. The quantitative estimate of drug-likeness (QED) is 0.456. The van der Waals surface area contributed by atoms with E-state index in [2.05, 4.69) is 5.43 Å². The van der Waals surface area contributed by atoms with E-state index < -0.39 is 6.10 Å². The molecule has 20 heavy (non-hydrogen) atoms. The molecule has 0 saturated carbocycles. The van der Waals surface area contributed by atoms with Crippen LogP contribution in [0.25, 0.3) is 0 Å². The van der Waals surface area contributed by atoms with Gasteiger partial charge >= 0.3 is 0 Å². The van der Waals surface area contributed by atoms with Gasteiger partial charge in [0.25, 0.3) is 5.91 Å². The molecule has 2 rings (SSSR count). The van der Waals surface area contributed by atoms with E-state index in [0.29, 0.717) is 19.6 Å². The van der Waals surface area contributed by atoms with Gasteiger partial charge in [0.05, 0.1) is 26.4 Å². The molecule has 6 nitrogen and oxygen atoms in total. The third-order valence-electron chi connectivity index (χ3n) is 3.25. The van der Waals surface area contributed by atoms with E-state index in [1.54, 1.807) is 7.11 Å². The normalized spacial score (nSPS) is 21.7. The highest BCUT2D eigenvalue weighted by Gasteiger charge is 2.30. The second-order valence-corrected chi connectivity index (χ2v) is 4.70. The van der Waals surface area contributed by atoms with E-state index in [1.807, 2.05) is 24.3 Å². The van der Waals surface area contributed by atoms with Gasteiger partial charge in [-0.15, -0.1) is 0 Å². The summed E-state index contributed by atoms with van der Waals surface area (Å²) in [6, 6.07) is 7.72. The highest BCUT2D eigenvalue weighted by atomic mass is 16.5. The second kappa shape index (κ2) is 7.23. The lowest BCUT2D eigenvalue weighted by Crippen LogP contribution is -2.39. The van der Waals surface area contributed by atoms with Gasteiger partial charge < -0.3 is 14.2 Å². The van der Waals surface area contributed by atoms with Gasteiger partial charge in [-0.05, 0) is 30.5 Å². The lowest BCUT2D eigenvalue weighted by atomic mass is 10.2. The summed E-state index contributed by atoms with van der Waals surface area (Å²) >= 11 is 0.